The van der Waals surface area contributed by atoms with Gasteiger partial charge >= 0.3 is 0 Å². The number of carbonyl (C=O) groups is 3. The molecule has 7 nitrogen and oxygen atoms in total. The number of benzene rings is 2. The van der Waals surface area contributed by atoms with Crippen molar-refractivity contribution in [2.45, 2.75) is 26.4 Å². The molecule has 0 spiro atoms. The Labute approximate surface area is 164 Å². The summed E-state index contributed by atoms with van der Waals surface area (Å²) < 4.78 is 4.78. The second-order valence-corrected chi connectivity index (χ2v) is 6.46. The molecule has 148 valence electrons. The van der Waals surface area contributed by atoms with Gasteiger partial charge in [0.15, 0.2) is 0 Å². The predicted octanol–water partition coefficient (Wildman–Crippen LogP) is 2.01. The normalized spacial score (nSPS) is 11.4. The van der Waals surface area contributed by atoms with Gasteiger partial charge in [-0.05, 0) is 43.7 Å². The second-order valence-electron chi connectivity index (χ2n) is 6.46. The number of hydrogen-bond donors (Lipinski definition) is 3. The van der Waals surface area contributed by atoms with Crippen molar-refractivity contribution in [1.29, 1.82) is 0 Å². The molecule has 7 heteroatoms. The van der Waals surface area contributed by atoms with Gasteiger partial charge in [-0.15, -0.1) is 0 Å². The van der Waals surface area contributed by atoms with Gasteiger partial charge in [-0.1, -0.05) is 29.8 Å². The summed E-state index contributed by atoms with van der Waals surface area (Å²) in [7, 11) is 1.45. The minimum absolute atomic E-state index is 0.0287. The highest BCUT2D eigenvalue weighted by Gasteiger charge is 2.16. The van der Waals surface area contributed by atoms with Crippen molar-refractivity contribution in [2.75, 3.05) is 19.0 Å². The van der Waals surface area contributed by atoms with E-state index in [1.165, 1.54) is 7.11 Å². The third-order valence-corrected chi connectivity index (χ3v) is 3.97. The maximum Gasteiger partial charge on any atom is 0.251 e. The molecule has 0 fully saturated rings. The fourth-order valence-corrected chi connectivity index (χ4v) is 2.56. The van der Waals surface area contributed by atoms with Crippen molar-refractivity contribution >= 4 is 23.4 Å². The van der Waals surface area contributed by atoms with Crippen LogP contribution in [0, 0.1) is 6.92 Å². The van der Waals surface area contributed by atoms with E-state index in [0.717, 1.165) is 11.1 Å². The van der Waals surface area contributed by atoms with Crippen molar-refractivity contribution < 1.29 is 19.1 Å². The Balaban J connectivity index is 1.87. The number of hydrogen-bond acceptors (Lipinski definition) is 4. The lowest BCUT2D eigenvalue weighted by Gasteiger charge is -2.15. The number of methoxy groups -OCH3 is 1. The minimum Gasteiger partial charge on any atom is -0.375 e. The topological polar surface area (TPSA) is 96.5 Å². The number of anilines is 1. The van der Waals surface area contributed by atoms with E-state index in [4.69, 9.17) is 4.74 Å². The van der Waals surface area contributed by atoms with Gasteiger partial charge in [0.2, 0.25) is 11.8 Å². The van der Waals surface area contributed by atoms with Crippen LogP contribution in [-0.4, -0.2) is 37.5 Å². The molecule has 2 aromatic rings. The maximum absolute atomic E-state index is 12.3. The van der Waals surface area contributed by atoms with E-state index >= 15 is 0 Å². The number of aryl methyl sites for hydroxylation is 1. The van der Waals surface area contributed by atoms with Crippen LogP contribution in [0.1, 0.15) is 28.4 Å². The summed E-state index contributed by atoms with van der Waals surface area (Å²) in [5.74, 6) is -0.847. The van der Waals surface area contributed by atoms with Crippen LogP contribution in [0.15, 0.2) is 48.5 Å². The average molecular weight is 383 g/mol. The molecule has 3 amide bonds. The first-order valence-corrected chi connectivity index (χ1v) is 8.92. The van der Waals surface area contributed by atoms with Crippen LogP contribution in [-0.2, 0) is 20.9 Å². The van der Waals surface area contributed by atoms with Gasteiger partial charge < -0.3 is 20.7 Å². The van der Waals surface area contributed by atoms with Crippen LogP contribution in [0.3, 0.4) is 0 Å². The molecular formula is C21H25N3O4. The third kappa shape index (κ3) is 6.51. The molecule has 28 heavy (non-hydrogen) atoms. The van der Waals surface area contributed by atoms with Crippen LogP contribution >= 0.6 is 0 Å². The molecule has 0 saturated heterocycles. The van der Waals surface area contributed by atoms with Gasteiger partial charge in [-0.25, -0.2) is 0 Å². The molecule has 0 aliphatic rings. The van der Waals surface area contributed by atoms with Gasteiger partial charge in [-0.2, -0.15) is 0 Å². The fourth-order valence-electron chi connectivity index (χ4n) is 2.56. The molecule has 1 atom stereocenters. The van der Waals surface area contributed by atoms with E-state index in [-0.39, 0.29) is 30.9 Å². The molecule has 2 aromatic carbocycles. The van der Waals surface area contributed by atoms with E-state index in [1.807, 2.05) is 19.1 Å². The number of carbonyl (C=O) groups excluding carboxylic acids is 3. The number of rotatable bonds is 8. The molecule has 0 radical (unpaired) electrons. The first-order valence-electron chi connectivity index (χ1n) is 8.92. The molecule has 2 rings (SSSR count). The summed E-state index contributed by atoms with van der Waals surface area (Å²) >= 11 is 0. The number of amides is 3. The third-order valence-electron chi connectivity index (χ3n) is 3.97. The summed E-state index contributed by atoms with van der Waals surface area (Å²) in [5, 5.41) is 8.18. The number of nitrogens with one attached hydrogen (secondary N) is 3. The summed E-state index contributed by atoms with van der Waals surface area (Å²) in [6, 6.07) is 13.6. The highest BCUT2D eigenvalue weighted by molar-refractivity contribution is 5.97. The van der Waals surface area contributed by atoms with Gasteiger partial charge in [-0.3, -0.25) is 14.4 Å². The van der Waals surface area contributed by atoms with Crippen molar-refractivity contribution in [3.8, 4) is 0 Å². The molecular weight excluding hydrogens is 358 g/mol. The zero-order valence-corrected chi connectivity index (χ0v) is 16.2. The molecule has 0 aliphatic carbocycles. The Morgan fingerprint density at radius 1 is 1.07 bits per heavy atom. The van der Waals surface area contributed by atoms with Crippen molar-refractivity contribution in [3.05, 3.63) is 65.2 Å². The Morgan fingerprint density at radius 2 is 1.82 bits per heavy atom. The zero-order valence-electron chi connectivity index (χ0n) is 16.2. The average Bonchev–Trinajstić information content (AvgIpc) is 2.66. The summed E-state index contributed by atoms with van der Waals surface area (Å²) in [4.78, 5) is 36.1. The van der Waals surface area contributed by atoms with Crippen LogP contribution in [0.4, 0.5) is 5.69 Å². The molecule has 3 N–H and O–H groups in total. The Bertz CT molecular complexity index is 851. The van der Waals surface area contributed by atoms with Gasteiger partial charge in [0.1, 0.15) is 12.6 Å². The second kappa shape index (κ2) is 10.2. The van der Waals surface area contributed by atoms with Crippen molar-refractivity contribution in [1.82, 2.24) is 10.6 Å². The van der Waals surface area contributed by atoms with Gasteiger partial charge in [0, 0.05) is 24.9 Å². The van der Waals surface area contributed by atoms with E-state index < -0.39 is 6.04 Å². The smallest absolute Gasteiger partial charge is 0.251 e. The van der Waals surface area contributed by atoms with Gasteiger partial charge in [0.05, 0.1) is 0 Å². The van der Waals surface area contributed by atoms with E-state index in [0.29, 0.717) is 11.3 Å². The Morgan fingerprint density at radius 3 is 2.54 bits per heavy atom. The quantitative estimate of drug-likeness (QED) is 0.650. The van der Waals surface area contributed by atoms with E-state index in [2.05, 4.69) is 16.0 Å². The SMILES string of the molecule is COCC(=O)Nc1cccc(CNC(=O)C(C)NC(=O)c2cccc(C)c2)c1. The largest absolute Gasteiger partial charge is 0.375 e. The summed E-state index contributed by atoms with van der Waals surface area (Å²) in [5.41, 5.74) is 2.93. The predicted molar refractivity (Wildman–Crippen MR) is 107 cm³/mol. The monoisotopic (exact) mass is 383 g/mol. The fraction of sp³-hybridized carbons (Fsp3) is 0.286. The Kier molecular flexibility index (Phi) is 7.71. The lowest BCUT2D eigenvalue weighted by atomic mass is 10.1. The van der Waals surface area contributed by atoms with Crippen molar-refractivity contribution in [3.63, 3.8) is 0 Å². The summed E-state index contributed by atoms with van der Waals surface area (Å²) in [6.07, 6.45) is 0. The van der Waals surface area contributed by atoms with Crippen LogP contribution in [0.2, 0.25) is 0 Å². The lowest BCUT2D eigenvalue weighted by molar-refractivity contribution is -0.122. The van der Waals surface area contributed by atoms with Crippen molar-refractivity contribution in [2.24, 2.45) is 0 Å². The maximum atomic E-state index is 12.3. The molecule has 0 bridgehead atoms. The minimum atomic E-state index is -0.683. The first-order chi connectivity index (χ1) is 13.4. The molecule has 0 heterocycles. The Hall–Kier alpha value is -3.19. The van der Waals surface area contributed by atoms with Gasteiger partial charge in [0.25, 0.3) is 5.91 Å². The lowest BCUT2D eigenvalue weighted by Crippen LogP contribution is -2.44. The molecule has 0 aromatic heterocycles. The van der Waals surface area contributed by atoms with Crippen LogP contribution in [0.25, 0.3) is 0 Å². The van der Waals surface area contributed by atoms with Crippen LogP contribution in [0.5, 0.6) is 0 Å². The van der Waals surface area contributed by atoms with E-state index in [9.17, 15) is 14.4 Å². The molecule has 0 saturated carbocycles. The first kappa shape index (κ1) is 21.1. The summed E-state index contributed by atoms with van der Waals surface area (Å²) in [6.45, 7) is 3.78. The zero-order chi connectivity index (χ0) is 20.5. The highest BCUT2D eigenvalue weighted by atomic mass is 16.5. The number of ether oxygens (including phenoxy) is 1. The molecule has 0 aliphatic heterocycles. The standard InChI is InChI=1S/C21H25N3O4/c1-14-6-4-8-17(10-14)21(27)23-15(2)20(26)22-12-16-7-5-9-18(11-16)24-19(25)13-28-3/h4-11,15H,12-13H2,1-3H3,(H,22,26)(H,23,27)(H,24,25). The van der Waals surface area contributed by atoms with Crippen LogP contribution < -0.4 is 16.0 Å². The van der Waals surface area contributed by atoms with E-state index in [1.54, 1.807) is 43.3 Å². The highest BCUT2D eigenvalue weighted by Crippen LogP contribution is 2.10. The molecule has 1 unspecified atom stereocenters.